The average molecular weight is 372 g/mol. The van der Waals surface area contributed by atoms with Gasteiger partial charge in [-0.25, -0.2) is 0 Å². The largest absolute Gasteiger partial charge is 0.411 e. The molecule has 0 aliphatic heterocycles. The first-order valence-corrected chi connectivity index (χ1v) is 6.54. The number of aryl methyl sites for hydroxylation is 1. The van der Waals surface area contributed by atoms with E-state index >= 15 is 0 Å². The third-order valence-corrected chi connectivity index (χ3v) is 2.69. The molecule has 1 heterocycles. The van der Waals surface area contributed by atoms with Crippen LogP contribution in [0.1, 0.15) is 16.9 Å². The number of hydrogen-bond donors (Lipinski definition) is 2. The first kappa shape index (κ1) is 17.5. The Labute approximate surface area is 126 Å². The summed E-state index contributed by atoms with van der Waals surface area (Å²) < 4.78 is 41.8. The molecule has 118 valence electrons. The van der Waals surface area contributed by atoms with E-state index in [9.17, 15) is 22.8 Å². The molecule has 0 radical (unpaired) electrons. The molecule has 0 saturated heterocycles. The molecule has 0 bridgehead atoms. The molecule has 0 atom stereocenters. The maximum atomic E-state index is 11.8. The van der Waals surface area contributed by atoms with Crippen molar-refractivity contribution >= 4 is 27.7 Å². The van der Waals surface area contributed by atoms with Gasteiger partial charge in [-0.15, -0.1) is 0 Å². The predicted molar refractivity (Wildman–Crippen MR) is 70.2 cm³/mol. The summed E-state index contributed by atoms with van der Waals surface area (Å²) >= 11 is 3.19. The maximum Gasteiger partial charge on any atom is 0.411 e. The molecule has 0 unspecified atom stereocenters. The number of amides is 2. The van der Waals surface area contributed by atoms with E-state index < -0.39 is 31.2 Å². The summed E-state index contributed by atoms with van der Waals surface area (Å²) in [5.74, 6) is -1.20. The lowest BCUT2D eigenvalue weighted by molar-refractivity contribution is -0.174. The van der Waals surface area contributed by atoms with E-state index in [4.69, 9.17) is 0 Å². The lowest BCUT2D eigenvalue weighted by atomic mass is 10.4. The minimum Gasteiger partial charge on any atom is -0.372 e. The summed E-state index contributed by atoms with van der Waals surface area (Å²) in [6, 6.07) is 1.55. The van der Waals surface area contributed by atoms with Crippen LogP contribution in [0, 0.1) is 0 Å². The molecular weight excluding hydrogens is 359 g/mol. The summed E-state index contributed by atoms with van der Waals surface area (Å²) in [7, 11) is 1.65. The quantitative estimate of drug-likeness (QED) is 0.608. The molecule has 21 heavy (non-hydrogen) atoms. The molecule has 0 fully saturated rings. The first-order valence-electron chi connectivity index (χ1n) is 5.74. The molecule has 1 aromatic rings. The van der Waals surface area contributed by atoms with Gasteiger partial charge in [0.1, 0.15) is 12.3 Å². The Morgan fingerprint density at radius 2 is 2.05 bits per heavy atom. The zero-order chi connectivity index (χ0) is 16.0. The van der Waals surface area contributed by atoms with Gasteiger partial charge in [-0.3, -0.25) is 20.4 Å². The Morgan fingerprint density at radius 1 is 1.38 bits per heavy atom. The zero-order valence-corrected chi connectivity index (χ0v) is 12.5. The van der Waals surface area contributed by atoms with Crippen molar-refractivity contribution in [3.8, 4) is 0 Å². The topological polar surface area (TPSA) is 72.4 Å². The summed E-state index contributed by atoms with van der Waals surface area (Å²) in [6.45, 7) is -1.80. The molecule has 0 saturated carbocycles. The Hall–Kier alpha value is -1.55. The first-order chi connectivity index (χ1) is 9.69. The fourth-order valence-electron chi connectivity index (χ4n) is 1.36. The van der Waals surface area contributed by atoms with E-state index in [0.717, 1.165) is 0 Å². The monoisotopic (exact) mass is 371 g/mol. The number of alkyl halides is 3. The van der Waals surface area contributed by atoms with E-state index in [1.165, 1.54) is 4.57 Å². The highest BCUT2D eigenvalue weighted by Crippen LogP contribution is 2.14. The molecule has 2 amide bonds. The van der Waals surface area contributed by atoms with Gasteiger partial charge < -0.3 is 9.30 Å². The smallest absolute Gasteiger partial charge is 0.372 e. The normalized spacial score (nSPS) is 11.3. The van der Waals surface area contributed by atoms with Crippen molar-refractivity contribution in [3.05, 3.63) is 22.4 Å². The lowest BCUT2D eigenvalue weighted by Gasteiger charge is -2.09. The number of carbonyl (C=O) groups is 2. The number of nitrogens with one attached hydrogen (secondary N) is 2. The highest BCUT2D eigenvalue weighted by atomic mass is 79.9. The molecule has 1 aromatic heterocycles. The van der Waals surface area contributed by atoms with Gasteiger partial charge in [0.05, 0.1) is 13.0 Å². The summed E-state index contributed by atoms with van der Waals surface area (Å²) in [5, 5.41) is 0. The van der Waals surface area contributed by atoms with Gasteiger partial charge in [0.2, 0.25) is 5.91 Å². The number of hydrazine groups is 1. The van der Waals surface area contributed by atoms with Crippen LogP contribution < -0.4 is 10.9 Å². The number of halogens is 4. The second-order valence-corrected chi connectivity index (χ2v) is 4.99. The Bertz CT molecular complexity index is 517. The molecule has 0 aliphatic rings. The van der Waals surface area contributed by atoms with Crippen LogP contribution in [-0.4, -0.2) is 35.8 Å². The van der Waals surface area contributed by atoms with Crippen molar-refractivity contribution in [1.82, 2.24) is 15.4 Å². The van der Waals surface area contributed by atoms with Crippen molar-refractivity contribution in [2.75, 3.05) is 13.2 Å². The van der Waals surface area contributed by atoms with E-state index in [2.05, 4.69) is 31.5 Å². The van der Waals surface area contributed by atoms with E-state index in [-0.39, 0.29) is 6.42 Å². The van der Waals surface area contributed by atoms with Crippen LogP contribution in [0.5, 0.6) is 0 Å². The molecule has 0 spiro atoms. The number of ether oxygens (including phenoxy) is 1. The summed E-state index contributed by atoms with van der Waals surface area (Å²) in [5.41, 5.74) is 4.54. The number of nitrogens with zero attached hydrogens (tertiary/aromatic N) is 1. The number of carbonyl (C=O) groups excluding carboxylic acids is 2. The SMILES string of the molecule is Cn1cc(Br)cc1C(=O)NNC(=O)CCOCC(F)(F)F. The van der Waals surface area contributed by atoms with Gasteiger partial charge in [-0.1, -0.05) is 0 Å². The number of hydrogen-bond acceptors (Lipinski definition) is 3. The Kier molecular flexibility index (Phi) is 6.21. The third kappa shape index (κ3) is 6.63. The van der Waals surface area contributed by atoms with Crippen molar-refractivity contribution in [2.24, 2.45) is 7.05 Å². The van der Waals surface area contributed by atoms with Gasteiger partial charge in [0, 0.05) is 17.7 Å². The minimum absolute atomic E-state index is 0.298. The molecule has 0 aliphatic carbocycles. The summed E-state index contributed by atoms with van der Waals surface area (Å²) in [6.07, 6.45) is -3.07. The zero-order valence-electron chi connectivity index (χ0n) is 11.0. The van der Waals surface area contributed by atoms with Crippen LogP contribution in [0.2, 0.25) is 0 Å². The number of aromatic nitrogens is 1. The fraction of sp³-hybridized carbons (Fsp3) is 0.455. The minimum atomic E-state index is -4.43. The van der Waals surface area contributed by atoms with E-state index in [1.807, 2.05) is 0 Å². The van der Waals surface area contributed by atoms with Gasteiger partial charge >= 0.3 is 6.18 Å². The van der Waals surface area contributed by atoms with Crippen molar-refractivity contribution in [2.45, 2.75) is 12.6 Å². The molecule has 1 rings (SSSR count). The van der Waals surface area contributed by atoms with Crippen molar-refractivity contribution in [3.63, 3.8) is 0 Å². The van der Waals surface area contributed by atoms with E-state index in [0.29, 0.717) is 10.2 Å². The molecular formula is C11H13BrF3N3O3. The Balaban J connectivity index is 2.27. The van der Waals surface area contributed by atoms with Crippen LogP contribution >= 0.6 is 15.9 Å². The maximum absolute atomic E-state index is 11.8. The molecule has 10 heteroatoms. The van der Waals surface area contributed by atoms with Gasteiger partial charge in [-0.2, -0.15) is 13.2 Å². The van der Waals surface area contributed by atoms with Crippen molar-refractivity contribution in [1.29, 1.82) is 0 Å². The van der Waals surface area contributed by atoms with Gasteiger partial charge in [-0.05, 0) is 22.0 Å². The molecule has 2 N–H and O–H groups in total. The fourth-order valence-corrected chi connectivity index (χ4v) is 1.88. The van der Waals surface area contributed by atoms with Crippen LogP contribution in [0.4, 0.5) is 13.2 Å². The second kappa shape index (κ2) is 7.46. The Morgan fingerprint density at radius 3 is 2.57 bits per heavy atom. The van der Waals surface area contributed by atoms with Crippen LogP contribution in [0.15, 0.2) is 16.7 Å². The number of rotatable bonds is 5. The standard InChI is InChI=1S/C11H13BrF3N3O3/c1-18-5-7(12)4-8(18)10(20)17-16-9(19)2-3-21-6-11(13,14)15/h4-5H,2-3,6H2,1H3,(H,16,19)(H,17,20). The van der Waals surface area contributed by atoms with Crippen LogP contribution in [-0.2, 0) is 16.6 Å². The summed E-state index contributed by atoms with van der Waals surface area (Å²) in [4.78, 5) is 23.0. The van der Waals surface area contributed by atoms with Crippen molar-refractivity contribution < 1.29 is 27.5 Å². The van der Waals surface area contributed by atoms with Crippen LogP contribution in [0.25, 0.3) is 0 Å². The second-order valence-electron chi connectivity index (χ2n) is 4.07. The van der Waals surface area contributed by atoms with Gasteiger partial charge in [0.15, 0.2) is 0 Å². The highest BCUT2D eigenvalue weighted by molar-refractivity contribution is 9.10. The molecule has 0 aromatic carbocycles. The predicted octanol–water partition coefficient (Wildman–Crippen LogP) is 1.52. The lowest BCUT2D eigenvalue weighted by Crippen LogP contribution is -2.42. The highest BCUT2D eigenvalue weighted by Gasteiger charge is 2.27. The third-order valence-electron chi connectivity index (χ3n) is 2.26. The average Bonchev–Trinajstić information content (AvgIpc) is 2.70. The van der Waals surface area contributed by atoms with E-state index in [1.54, 1.807) is 19.3 Å². The van der Waals surface area contributed by atoms with Crippen LogP contribution in [0.3, 0.4) is 0 Å². The molecule has 6 nitrogen and oxygen atoms in total. The van der Waals surface area contributed by atoms with Gasteiger partial charge in [0.25, 0.3) is 5.91 Å².